The lowest BCUT2D eigenvalue weighted by Crippen LogP contribution is -2.23. The summed E-state index contributed by atoms with van der Waals surface area (Å²) < 4.78 is 5.30. The van der Waals surface area contributed by atoms with Crippen LogP contribution in [0.5, 0.6) is 5.75 Å². The zero-order valence-corrected chi connectivity index (χ0v) is 13.2. The van der Waals surface area contributed by atoms with Gasteiger partial charge in [-0.05, 0) is 44.0 Å². The topological polar surface area (TPSA) is 34.1 Å². The molecule has 108 valence electrons. The fraction of sp³-hybridized carbons (Fsp3) is 0.438. The number of nitrogens with zero attached hydrogens (tertiary/aromatic N) is 1. The summed E-state index contributed by atoms with van der Waals surface area (Å²) >= 11 is 1.77. The Bertz CT molecular complexity index is 539. The molecule has 4 heteroatoms. The third-order valence-corrected chi connectivity index (χ3v) is 4.22. The molecule has 0 saturated carbocycles. The average Bonchev–Trinajstić information content (AvgIpc) is 2.90. The van der Waals surface area contributed by atoms with Crippen LogP contribution in [0.25, 0.3) is 0 Å². The lowest BCUT2D eigenvalue weighted by Gasteiger charge is -2.17. The molecule has 1 heterocycles. The molecule has 0 aliphatic carbocycles. The fourth-order valence-corrected chi connectivity index (χ4v) is 3.03. The number of aryl methyl sites for hydroxylation is 1. The third kappa shape index (κ3) is 4.05. The van der Waals surface area contributed by atoms with Gasteiger partial charge in [0.05, 0.1) is 12.1 Å². The van der Waals surface area contributed by atoms with Gasteiger partial charge in [0.1, 0.15) is 5.75 Å². The van der Waals surface area contributed by atoms with Gasteiger partial charge >= 0.3 is 0 Å². The van der Waals surface area contributed by atoms with Gasteiger partial charge < -0.3 is 10.1 Å². The first-order chi connectivity index (χ1) is 9.72. The number of hydrogen-bond acceptors (Lipinski definition) is 4. The van der Waals surface area contributed by atoms with Gasteiger partial charge in [0.15, 0.2) is 0 Å². The number of thiazole rings is 1. The molecule has 1 aromatic carbocycles. The number of nitrogens with one attached hydrogen (secondary N) is 1. The van der Waals surface area contributed by atoms with E-state index in [2.05, 4.69) is 36.3 Å². The van der Waals surface area contributed by atoms with Crippen LogP contribution in [0.2, 0.25) is 0 Å². The zero-order chi connectivity index (χ0) is 14.4. The lowest BCUT2D eigenvalue weighted by atomic mass is 10.0. The molecule has 0 saturated heterocycles. The predicted octanol–water partition coefficient (Wildman–Crippen LogP) is 3.74. The summed E-state index contributed by atoms with van der Waals surface area (Å²) in [6, 6.07) is 8.61. The predicted molar refractivity (Wildman–Crippen MR) is 84.6 cm³/mol. The van der Waals surface area contributed by atoms with Crippen molar-refractivity contribution in [1.29, 1.82) is 0 Å². The SMILES string of the molecule is CCCNC(Cc1cccc(OC)c1)c1cnc(C)s1. The largest absolute Gasteiger partial charge is 0.497 e. The second-order valence-corrected chi connectivity index (χ2v) is 6.11. The highest BCUT2D eigenvalue weighted by molar-refractivity contribution is 7.11. The quantitative estimate of drug-likeness (QED) is 0.843. The van der Waals surface area contributed by atoms with Crippen molar-refractivity contribution in [3.8, 4) is 5.75 Å². The Balaban J connectivity index is 2.14. The molecule has 0 amide bonds. The van der Waals surface area contributed by atoms with Crippen LogP contribution in [0.15, 0.2) is 30.5 Å². The van der Waals surface area contributed by atoms with Gasteiger partial charge in [0, 0.05) is 17.1 Å². The molecular formula is C16H22N2OS. The van der Waals surface area contributed by atoms with E-state index in [0.29, 0.717) is 6.04 Å². The van der Waals surface area contributed by atoms with Crippen LogP contribution in [-0.2, 0) is 6.42 Å². The van der Waals surface area contributed by atoms with E-state index in [1.807, 2.05) is 18.3 Å². The van der Waals surface area contributed by atoms with Crippen molar-refractivity contribution < 1.29 is 4.74 Å². The summed E-state index contributed by atoms with van der Waals surface area (Å²) in [7, 11) is 1.71. The van der Waals surface area contributed by atoms with Crippen LogP contribution < -0.4 is 10.1 Å². The van der Waals surface area contributed by atoms with E-state index in [0.717, 1.165) is 30.1 Å². The minimum Gasteiger partial charge on any atom is -0.497 e. The number of aromatic nitrogens is 1. The van der Waals surface area contributed by atoms with Gasteiger partial charge in [-0.15, -0.1) is 11.3 Å². The highest BCUT2D eigenvalue weighted by Crippen LogP contribution is 2.25. The fourth-order valence-electron chi connectivity index (χ4n) is 2.17. The van der Waals surface area contributed by atoms with Crippen LogP contribution in [0, 0.1) is 6.92 Å². The molecule has 2 rings (SSSR count). The highest BCUT2D eigenvalue weighted by Gasteiger charge is 2.14. The molecule has 20 heavy (non-hydrogen) atoms. The molecule has 2 aromatic rings. The zero-order valence-electron chi connectivity index (χ0n) is 12.3. The number of hydrogen-bond donors (Lipinski definition) is 1. The molecule has 0 fully saturated rings. The number of benzene rings is 1. The van der Waals surface area contributed by atoms with E-state index in [1.54, 1.807) is 18.4 Å². The minimum absolute atomic E-state index is 0.327. The Labute approximate surface area is 125 Å². The first-order valence-electron chi connectivity index (χ1n) is 7.01. The normalized spacial score (nSPS) is 12.3. The van der Waals surface area contributed by atoms with Gasteiger partial charge in [0.25, 0.3) is 0 Å². The second kappa shape index (κ2) is 7.41. The third-order valence-electron chi connectivity index (χ3n) is 3.20. The molecule has 1 unspecified atom stereocenters. The summed E-state index contributed by atoms with van der Waals surface area (Å²) in [5.41, 5.74) is 1.28. The van der Waals surface area contributed by atoms with Crippen LogP contribution in [0.3, 0.4) is 0 Å². The Morgan fingerprint density at radius 1 is 1.40 bits per heavy atom. The van der Waals surface area contributed by atoms with E-state index >= 15 is 0 Å². The van der Waals surface area contributed by atoms with Crippen molar-refractivity contribution in [3.63, 3.8) is 0 Å². The van der Waals surface area contributed by atoms with Crippen molar-refractivity contribution in [2.24, 2.45) is 0 Å². The summed E-state index contributed by atoms with van der Waals surface area (Å²) in [5.74, 6) is 0.914. The number of methoxy groups -OCH3 is 1. The van der Waals surface area contributed by atoms with Crippen LogP contribution >= 0.6 is 11.3 Å². The Morgan fingerprint density at radius 2 is 2.25 bits per heavy atom. The Morgan fingerprint density at radius 3 is 2.90 bits per heavy atom. The minimum atomic E-state index is 0.327. The molecule has 0 aliphatic heterocycles. The van der Waals surface area contributed by atoms with Gasteiger partial charge in [-0.2, -0.15) is 0 Å². The maximum absolute atomic E-state index is 5.30. The molecule has 1 aromatic heterocycles. The van der Waals surface area contributed by atoms with Crippen LogP contribution in [0.4, 0.5) is 0 Å². The van der Waals surface area contributed by atoms with Gasteiger partial charge in [-0.25, -0.2) is 4.98 Å². The van der Waals surface area contributed by atoms with Crippen LogP contribution in [-0.4, -0.2) is 18.6 Å². The standard InChI is InChI=1S/C16H22N2OS/c1-4-8-17-15(16-11-18-12(2)20-16)10-13-6-5-7-14(9-13)19-3/h5-7,9,11,15,17H,4,8,10H2,1-3H3. The first-order valence-corrected chi connectivity index (χ1v) is 7.83. The lowest BCUT2D eigenvalue weighted by molar-refractivity contribution is 0.414. The van der Waals surface area contributed by atoms with E-state index in [9.17, 15) is 0 Å². The Hall–Kier alpha value is -1.39. The van der Waals surface area contributed by atoms with Gasteiger partial charge in [-0.1, -0.05) is 19.1 Å². The summed E-state index contributed by atoms with van der Waals surface area (Å²) in [4.78, 5) is 5.68. The summed E-state index contributed by atoms with van der Waals surface area (Å²) in [6.45, 7) is 5.26. The van der Waals surface area contributed by atoms with E-state index in [-0.39, 0.29) is 0 Å². The van der Waals surface area contributed by atoms with Gasteiger partial charge in [0.2, 0.25) is 0 Å². The number of rotatable bonds is 7. The molecule has 1 atom stereocenters. The molecule has 1 N–H and O–H groups in total. The van der Waals surface area contributed by atoms with E-state index in [4.69, 9.17) is 4.74 Å². The monoisotopic (exact) mass is 290 g/mol. The maximum Gasteiger partial charge on any atom is 0.119 e. The summed E-state index contributed by atoms with van der Waals surface area (Å²) in [6.07, 6.45) is 4.08. The van der Waals surface area contributed by atoms with Crippen LogP contribution in [0.1, 0.15) is 34.8 Å². The van der Waals surface area contributed by atoms with Crippen molar-refractivity contribution in [2.75, 3.05) is 13.7 Å². The van der Waals surface area contributed by atoms with Crippen molar-refractivity contribution in [2.45, 2.75) is 32.7 Å². The average molecular weight is 290 g/mol. The molecule has 3 nitrogen and oxygen atoms in total. The molecule has 0 spiro atoms. The summed E-state index contributed by atoms with van der Waals surface area (Å²) in [5, 5.41) is 4.73. The molecular weight excluding hydrogens is 268 g/mol. The number of ether oxygens (including phenoxy) is 1. The van der Waals surface area contributed by atoms with Crippen molar-refractivity contribution in [1.82, 2.24) is 10.3 Å². The van der Waals surface area contributed by atoms with E-state index < -0.39 is 0 Å². The first kappa shape index (κ1) is 15.0. The molecule has 0 bridgehead atoms. The van der Waals surface area contributed by atoms with E-state index in [1.165, 1.54) is 10.4 Å². The van der Waals surface area contributed by atoms with Gasteiger partial charge in [-0.3, -0.25) is 0 Å². The Kier molecular flexibility index (Phi) is 5.56. The smallest absolute Gasteiger partial charge is 0.119 e. The molecule has 0 radical (unpaired) electrons. The van der Waals surface area contributed by atoms with Crippen molar-refractivity contribution in [3.05, 3.63) is 45.9 Å². The molecule has 0 aliphatic rings. The second-order valence-electron chi connectivity index (χ2n) is 4.84. The maximum atomic E-state index is 5.30. The van der Waals surface area contributed by atoms with Crippen molar-refractivity contribution >= 4 is 11.3 Å². The highest BCUT2D eigenvalue weighted by atomic mass is 32.1.